The van der Waals surface area contributed by atoms with Crippen molar-refractivity contribution >= 4 is 5.82 Å². The molecule has 0 bridgehead atoms. The summed E-state index contributed by atoms with van der Waals surface area (Å²) in [5, 5.41) is 4.06. The number of benzene rings is 1. The Morgan fingerprint density at radius 1 is 1.15 bits per heavy atom. The van der Waals surface area contributed by atoms with Crippen molar-refractivity contribution in [1.82, 2.24) is 9.78 Å². The van der Waals surface area contributed by atoms with Crippen LogP contribution in [0, 0.1) is 6.57 Å². The van der Waals surface area contributed by atoms with Gasteiger partial charge in [0.2, 0.25) is 0 Å². The molecule has 3 heteroatoms. The molecule has 0 amide bonds. The zero-order valence-corrected chi connectivity index (χ0v) is 6.88. The molecule has 0 aliphatic carbocycles. The molecule has 0 aliphatic heterocycles. The zero-order chi connectivity index (χ0) is 9.10. The fourth-order valence-corrected chi connectivity index (χ4v) is 1.15. The first kappa shape index (κ1) is 7.56. The van der Waals surface area contributed by atoms with Gasteiger partial charge < -0.3 is 4.85 Å². The minimum atomic E-state index is 0.534. The van der Waals surface area contributed by atoms with Crippen LogP contribution in [-0.2, 0) is 0 Å². The van der Waals surface area contributed by atoms with E-state index >= 15 is 0 Å². The number of nitrogens with zero attached hydrogens (tertiary/aromatic N) is 3. The third kappa shape index (κ3) is 1.30. The van der Waals surface area contributed by atoms with E-state index in [9.17, 15) is 0 Å². The smallest absolute Gasteiger partial charge is 0.257 e. The molecule has 3 nitrogen and oxygen atoms in total. The largest absolute Gasteiger partial charge is 0.362 e. The maximum atomic E-state index is 6.91. The summed E-state index contributed by atoms with van der Waals surface area (Å²) in [5.41, 5.74) is 0.915. The Hall–Kier alpha value is -2.08. The Morgan fingerprint density at radius 3 is 2.62 bits per heavy atom. The minimum Gasteiger partial charge on any atom is -0.362 e. The van der Waals surface area contributed by atoms with Gasteiger partial charge in [-0.15, -0.1) is 5.10 Å². The van der Waals surface area contributed by atoms with Crippen LogP contribution in [0.4, 0.5) is 5.82 Å². The Kier molecular flexibility index (Phi) is 1.81. The van der Waals surface area contributed by atoms with E-state index in [2.05, 4.69) is 9.94 Å². The Labute approximate surface area is 76.1 Å². The zero-order valence-electron chi connectivity index (χ0n) is 6.88. The topological polar surface area (TPSA) is 22.2 Å². The third-order valence-electron chi connectivity index (χ3n) is 1.74. The van der Waals surface area contributed by atoms with Crippen molar-refractivity contribution in [2.24, 2.45) is 0 Å². The lowest BCUT2D eigenvalue weighted by Gasteiger charge is -1.96. The van der Waals surface area contributed by atoms with Crippen LogP contribution in [0.25, 0.3) is 10.5 Å². The fourth-order valence-electron chi connectivity index (χ4n) is 1.15. The lowest BCUT2D eigenvalue weighted by atomic mass is 10.3. The van der Waals surface area contributed by atoms with Gasteiger partial charge in [0.05, 0.1) is 6.20 Å². The molecule has 0 fully saturated rings. The highest BCUT2D eigenvalue weighted by Crippen LogP contribution is 2.16. The summed E-state index contributed by atoms with van der Waals surface area (Å²) < 4.78 is 1.62. The summed E-state index contributed by atoms with van der Waals surface area (Å²) in [7, 11) is 0. The van der Waals surface area contributed by atoms with Gasteiger partial charge in [0.1, 0.15) is 5.69 Å². The van der Waals surface area contributed by atoms with Crippen molar-refractivity contribution in [2.75, 3.05) is 0 Å². The molecule has 0 aliphatic rings. The van der Waals surface area contributed by atoms with Gasteiger partial charge in [-0.1, -0.05) is 24.8 Å². The Morgan fingerprint density at radius 2 is 1.92 bits per heavy atom. The van der Waals surface area contributed by atoms with E-state index in [1.54, 1.807) is 16.9 Å². The molecule has 0 saturated carbocycles. The van der Waals surface area contributed by atoms with E-state index in [0.717, 1.165) is 5.69 Å². The molecule has 0 unspecified atom stereocenters. The molecule has 1 aromatic heterocycles. The van der Waals surface area contributed by atoms with Crippen LogP contribution in [0.3, 0.4) is 0 Å². The van der Waals surface area contributed by atoms with Crippen LogP contribution in [0.5, 0.6) is 0 Å². The maximum absolute atomic E-state index is 6.91. The SMILES string of the molecule is [C-]#[N+]c1ccnn1-c1ccccc1. The van der Waals surface area contributed by atoms with Gasteiger partial charge in [-0.05, 0) is 18.2 Å². The average Bonchev–Trinajstić information content (AvgIpc) is 2.67. The molecule has 0 saturated heterocycles. The van der Waals surface area contributed by atoms with E-state index in [1.807, 2.05) is 30.3 Å². The Bertz CT molecular complexity index is 437. The number of rotatable bonds is 1. The first-order valence-corrected chi connectivity index (χ1v) is 3.89. The van der Waals surface area contributed by atoms with Crippen LogP contribution < -0.4 is 0 Å². The van der Waals surface area contributed by atoms with Crippen LogP contribution in [0.1, 0.15) is 0 Å². The first-order valence-electron chi connectivity index (χ1n) is 3.89. The summed E-state index contributed by atoms with van der Waals surface area (Å²) in [6.07, 6.45) is 1.63. The maximum Gasteiger partial charge on any atom is 0.257 e. The molecule has 62 valence electrons. The highest BCUT2D eigenvalue weighted by atomic mass is 15.3. The van der Waals surface area contributed by atoms with Gasteiger partial charge in [-0.3, -0.25) is 0 Å². The number of hydrogen-bond donors (Lipinski definition) is 0. The van der Waals surface area contributed by atoms with Gasteiger partial charge in [0.15, 0.2) is 0 Å². The molecule has 13 heavy (non-hydrogen) atoms. The van der Waals surface area contributed by atoms with E-state index in [1.165, 1.54) is 0 Å². The fraction of sp³-hybridized carbons (Fsp3) is 0. The molecule has 0 spiro atoms. The van der Waals surface area contributed by atoms with Crippen LogP contribution in [0.2, 0.25) is 0 Å². The second-order valence-corrected chi connectivity index (χ2v) is 2.55. The van der Waals surface area contributed by atoms with Crippen molar-refractivity contribution < 1.29 is 0 Å². The van der Waals surface area contributed by atoms with Gasteiger partial charge in [0, 0.05) is 0 Å². The third-order valence-corrected chi connectivity index (χ3v) is 1.74. The lowest BCUT2D eigenvalue weighted by Crippen LogP contribution is -1.93. The molecule has 0 atom stereocenters. The molecule has 2 rings (SSSR count). The van der Waals surface area contributed by atoms with Crippen molar-refractivity contribution in [3.63, 3.8) is 0 Å². The summed E-state index contributed by atoms with van der Waals surface area (Å²) in [4.78, 5) is 3.36. The second kappa shape index (κ2) is 3.11. The number of para-hydroxylation sites is 1. The quantitative estimate of drug-likeness (QED) is 0.601. The normalized spacial score (nSPS) is 9.46. The lowest BCUT2D eigenvalue weighted by molar-refractivity contribution is 0.895. The molecular formula is C10H7N3. The van der Waals surface area contributed by atoms with E-state index in [4.69, 9.17) is 6.57 Å². The van der Waals surface area contributed by atoms with Crippen LogP contribution in [-0.4, -0.2) is 9.78 Å². The van der Waals surface area contributed by atoms with E-state index < -0.39 is 0 Å². The predicted molar refractivity (Wildman–Crippen MR) is 49.8 cm³/mol. The highest BCUT2D eigenvalue weighted by Gasteiger charge is 2.04. The number of aromatic nitrogens is 2. The van der Waals surface area contributed by atoms with Crippen molar-refractivity contribution in [3.8, 4) is 5.69 Å². The molecule has 0 radical (unpaired) electrons. The molecule has 1 aromatic carbocycles. The predicted octanol–water partition coefficient (Wildman–Crippen LogP) is 2.42. The standard InChI is InChI=1S/C10H7N3/c1-11-10-7-8-12-13(10)9-5-3-2-4-6-9/h2-8H. The number of hydrogen-bond acceptors (Lipinski definition) is 1. The van der Waals surface area contributed by atoms with Crippen LogP contribution >= 0.6 is 0 Å². The van der Waals surface area contributed by atoms with Crippen molar-refractivity contribution in [3.05, 3.63) is 54.0 Å². The Balaban J connectivity index is 2.54. The van der Waals surface area contributed by atoms with Gasteiger partial charge in [0.25, 0.3) is 5.82 Å². The summed E-state index contributed by atoms with van der Waals surface area (Å²) >= 11 is 0. The van der Waals surface area contributed by atoms with Gasteiger partial charge >= 0.3 is 0 Å². The second-order valence-electron chi connectivity index (χ2n) is 2.55. The monoisotopic (exact) mass is 169 g/mol. The molecule has 0 N–H and O–H groups in total. The van der Waals surface area contributed by atoms with Crippen LogP contribution in [0.15, 0.2) is 42.6 Å². The molecule has 2 aromatic rings. The minimum absolute atomic E-state index is 0.534. The van der Waals surface area contributed by atoms with Gasteiger partial charge in [-0.2, -0.15) is 4.68 Å². The van der Waals surface area contributed by atoms with Crippen molar-refractivity contribution in [2.45, 2.75) is 0 Å². The van der Waals surface area contributed by atoms with Gasteiger partial charge in [-0.25, -0.2) is 0 Å². The molecular weight excluding hydrogens is 162 g/mol. The highest BCUT2D eigenvalue weighted by molar-refractivity contribution is 5.44. The first-order chi connectivity index (χ1) is 6.42. The summed E-state index contributed by atoms with van der Waals surface area (Å²) in [6, 6.07) is 11.3. The van der Waals surface area contributed by atoms with E-state index in [-0.39, 0.29) is 0 Å². The summed E-state index contributed by atoms with van der Waals surface area (Å²) in [6.45, 7) is 6.91. The van der Waals surface area contributed by atoms with Crippen molar-refractivity contribution in [1.29, 1.82) is 0 Å². The van der Waals surface area contributed by atoms with E-state index in [0.29, 0.717) is 5.82 Å². The summed E-state index contributed by atoms with van der Waals surface area (Å²) in [5.74, 6) is 0.534. The average molecular weight is 169 g/mol. The molecule has 1 heterocycles.